The fourth-order valence-corrected chi connectivity index (χ4v) is 5.31. The molecule has 4 atom stereocenters. The van der Waals surface area contributed by atoms with Crippen LogP contribution in [-0.4, -0.2) is 45.1 Å². The molecule has 1 aliphatic carbocycles. The number of aliphatic hydroxyl groups is 2. The number of fused-ring (bicyclic) bond motifs is 1. The van der Waals surface area contributed by atoms with Crippen LogP contribution >= 0.6 is 23.2 Å². The molecule has 1 aliphatic heterocycles. The van der Waals surface area contributed by atoms with Gasteiger partial charge in [0.05, 0.1) is 12.2 Å². The average molecular weight is 493 g/mol. The van der Waals surface area contributed by atoms with Gasteiger partial charge in [0.15, 0.2) is 5.79 Å². The lowest BCUT2D eigenvalue weighted by molar-refractivity contribution is -0.191. The van der Waals surface area contributed by atoms with Gasteiger partial charge < -0.3 is 24.8 Å². The molecule has 0 spiro atoms. The summed E-state index contributed by atoms with van der Waals surface area (Å²) < 4.78 is 11.9. The molecular formula is C24H38Cl2O6. The smallest absolute Gasteiger partial charge is 0.368 e. The van der Waals surface area contributed by atoms with Gasteiger partial charge in [0.2, 0.25) is 0 Å². The van der Waals surface area contributed by atoms with E-state index in [1.807, 2.05) is 13.8 Å². The van der Waals surface area contributed by atoms with Gasteiger partial charge in [-0.2, -0.15) is 0 Å². The second kappa shape index (κ2) is 12.2. The van der Waals surface area contributed by atoms with Gasteiger partial charge in [-0.05, 0) is 58.3 Å². The predicted molar refractivity (Wildman–Crippen MR) is 125 cm³/mol. The molecular weight excluding hydrogens is 455 g/mol. The minimum Gasteiger partial charge on any atom is -0.477 e. The van der Waals surface area contributed by atoms with Crippen molar-refractivity contribution in [3.05, 3.63) is 22.2 Å². The highest BCUT2D eigenvalue weighted by atomic mass is 35.5. The molecule has 0 aromatic rings. The van der Waals surface area contributed by atoms with E-state index in [2.05, 4.69) is 19.1 Å². The minimum atomic E-state index is -3.06. The van der Waals surface area contributed by atoms with E-state index in [0.29, 0.717) is 12.3 Å². The average Bonchev–Trinajstić information content (AvgIpc) is 3.15. The van der Waals surface area contributed by atoms with Gasteiger partial charge in [-0.15, -0.1) is 0 Å². The Kier molecular flexibility index (Phi) is 10.5. The second-order valence-corrected chi connectivity index (χ2v) is 10.4. The van der Waals surface area contributed by atoms with Crippen LogP contribution < -0.4 is 0 Å². The molecule has 8 heteroatoms. The Balaban J connectivity index is 1.93. The zero-order valence-electron chi connectivity index (χ0n) is 19.4. The summed E-state index contributed by atoms with van der Waals surface area (Å²) in [6.45, 7) is 6.11. The highest BCUT2D eigenvalue weighted by molar-refractivity contribution is 6.56. The molecule has 0 unspecified atom stereocenters. The number of hydrogen-bond donors (Lipinski definition) is 3. The molecule has 1 saturated carbocycles. The van der Waals surface area contributed by atoms with Crippen LogP contribution in [0.1, 0.15) is 85.0 Å². The summed E-state index contributed by atoms with van der Waals surface area (Å²) in [5.74, 6) is -4.75. The normalized spacial score (nSPS) is 27.1. The molecule has 2 rings (SSSR count). The van der Waals surface area contributed by atoms with Gasteiger partial charge >= 0.3 is 5.97 Å². The van der Waals surface area contributed by atoms with Crippen molar-refractivity contribution < 1.29 is 29.6 Å². The van der Waals surface area contributed by atoms with E-state index in [0.717, 1.165) is 25.7 Å². The number of ether oxygens (including phenoxy) is 2. The lowest BCUT2D eigenvalue weighted by Gasteiger charge is -2.25. The summed E-state index contributed by atoms with van der Waals surface area (Å²) in [5, 5.41) is 28.6. The number of halogens is 2. The van der Waals surface area contributed by atoms with Crippen LogP contribution in [0.2, 0.25) is 0 Å². The van der Waals surface area contributed by atoms with Crippen molar-refractivity contribution in [2.45, 2.75) is 109 Å². The SMILES string of the molecule is CCCCCCC=C[C@@H]1[C@@H](CCCCC(=C(Cl)Cl)C(O)(O)C(=O)O)C[C@H]2OC(C)(C)O[C@@H]12. The molecule has 3 N–H and O–H groups in total. The number of hydrogen-bond acceptors (Lipinski definition) is 5. The Morgan fingerprint density at radius 1 is 1.12 bits per heavy atom. The van der Waals surface area contributed by atoms with Crippen LogP contribution in [0.4, 0.5) is 0 Å². The Hall–Kier alpha value is -0.630. The monoisotopic (exact) mass is 492 g/mol. The molecule has 2 aliphatic rings. The second-order valence-electron chi connectivity index (χ2n) is 9.45. The molecule has 0 bridgehead atoms. The highest BCUT2D eigenvalue weighted by Crippen LogP contribution is 2.47. The van der Waals surface area contributed by atoms with Crippen LogP contribution in [0, 0.1) is 11.8 Å². The van der Waals surface area contributed by atoms with Crippen molar-refractivity contribution in [3.8, 4) is 0 Å². The van der Waals surface area contributed by atoms with E-state index < -0.39 is 22.0 Å². The maximum absolute atomic E-state index is 11.1. The first kappa shape index (κ1) is 27.6. The largest absolute Gasteiger partial charge is 0.477 e. The quantitative estimate of drug-likeness (QED) is 0.173. The lowest BCUT2D eigenvalue weighted by Crippen LogP contribution is -2.40. The molecule has 2 fully saturated rings. The van der Waals surface area contributed by atoms with Crippen LogP contribution in [-0.2, 0) is 14.3 Å². The fourth-order valence-electron chi connectivity index (χ4n) is 4.85. The predicted octanol–water partition coefficient (Wildman–Crippen LogP) is 5.68. The topological polar surface area (TPSA) is 96.2 Å². The van der Waals surface area contributed by atoms with Crippen molar-refractivity contribution in [1.82, 2.24) is 0 Å². The van der Waals surface area contributed by atoms with Crippen molar-refractivity contribution in [2.75, 3.05) is 0 Å². The molecule has 1 heterocycles. The Morgan fingerprint density at radius 2 is 1.84 bits per heavy atom. The number of carbonyl (C=O) groups is 1. The van der Waals surface area contributed by atoms with Crippen molar-refractivity contribution in [3.63, 3.8) is 0 Å². The summed E-state index contributed by atoms with van der Waals surface area (Å²) in [6.07, 6.45) is 13.9. The first-order valence-electron chi connectivity index (χ1n) is 11.7. The first-order valence-corrected chi connectivity index (χ1v) is 12.5. The van der Waals surface area contributed by atoms with Crippen molar-refractivity contribution in [1.29, 1.82) is 0 Å². The van der Waals surface area contributed by atoms with E-state index >= 15 is 0 Å². The minimum absolute atomic E-state index is 0.0455. The summed E-state index contributed by atoms with van der Waals surface area (Å²) in [7, 11) is 0. The Bertz CT molecular complexity index is 684. The third-order valence-corrected chi connectivity index (χ3v) is 6.92. The van der Waals surface area contributed by atoms with Gasteiger partial charge in [-0.3, -0.25) is 0 Å². The maximum atomic E-state index is 11.1. The first-order chi connectivity index (χ1) is 15.0. The number of allylic oxidation sites excluding steroid dienone is 1. The van der Waals surface area contributed by atoms with Crippen molar-refractivity contribution >= 4 is 29.2 Å². The van der Waals surface area contributed by atoms with Gasteiger partial charge in [0, 0.05) is 11.5 Å². The zero-order chi connectivity index (χ0) is 23.9. The van der Waals surface area contributed by atoms with Crippen LogP contribution in [0.25, 0.3) is 0 Å². The third kappa shape index (κ3) is 7.44. The molecule has 1 saturated heterocycles. The molecule has 184 valence electrons. The third-order valence-electron chi connectivity index (χ3n) is 6.46. The van der Waals surface area contributed by atoms with Gasteiger partial charge in [0.25, 0.3) is 5.79 Å². The molecule has 6 nitrogen and oxygen atoms in total. The molecule has 0 radical (unpaired) electrons. The molecule has 0 amide bonds. The van der Waals surface area contributed by atoms with E-state index in [9.17, 15) is 15.0 Å². The Labute approximate surface area is 201 Å². The van der Waals surface area contributed by atoms with Crippen LogP contribution in [0.3, 0.4) is 0 Å². The molecule has 0 aromatic carbocycles. The summed E-state index contributed by atoms with van der Waals surface area (Å²) in [5.41, 5.74) is -0.284. The van der Waals surface area contributed by atoms with E-state index in [4.69, 9.17) is 37.8 Å². The molecule has 32 heavy (non-hydrogen) atoms. The van der Waals surface area contributed by atoms with Crippen LogP contribution in [0.15, 0.2) is 22.2 Å². The van der Waals surface area contributed by atoms with Gasteiger partial charge in [0.1, 0.15) is 4.49 Å². The fraction of sp³-hybridized carbons (Fsp3) is 0.792. The summed E-state index contributed by atoms with van der Waals surface area (Å²) in [4.78, 5) is 11.1. The number of rotatable bonds is 13. The van der Waals surface area contributed by atoms with E-state index in [1.165, 1.54) is 25.7 Å². The van der Waals surface area contributed by atoms with Gasteiger partial charge in [-0.1, -0.05) is 68.0 Å². The number of carboxylic acids is 1. The summed E-state index contributed by atoms with van der Waals surface area (Å²) >= 11 is 11.4. The number of carboxylic acid groups (broad SMARTS) is 1. The highest BCUT2D eigenvalue weighted by Gasteiger charge is 2.52. The summed E-state index contributed by atoms with van der Waals surface area (Å²) in [6, 6.07) is 0. The maximum Gasteiger partial charge on any atom is 0.368 e. The molecule has 0 aromatic heterocycles. The Morgan fingerprint density at radius 3 is 2.47 bits per heavy atom. The number of unbranched alkanes of at least 4 members (excludes halogenated alkanes) is 5. The van der Waals surface area contributed by atoms with Crippen molar-refractivity contribution in [2.24, 2.45) is 11.8 Å². The lowest BCUT2D eigenvalue weighted by atomic mass is 9.88. The van der Waals surface area contributed by atoms with Crippen LogP contribution in [0.5, 0.6) is 0 Å². The zero-order valence-corrected chi connectivity index (χ0v) is 20.9. The van der Waals surface area contributed by atoms with E-state index in [-0.39, 0.29) is 30.1 Å². The van der Waals surface area contributed by atoms with Gasteiger partial charge in [-0.25, -0.2) is 4.79 Å². The number of aliphatic carboxylic acids is 1. The van der Waals surface area contributed by atoms with E-state index in [1.54, 1.807) is 0 Å². The standard InChI is InChI=1S/C24H38Cl2O6/c1-4-5-6-7-8-9-13-17-16(15-19-20(17)32-23(2,3)31-19)12-10-11-14-18(21(25)26)24(29,30)22(27)28/h9,13,16-17,19-20,29-30H,4-8,10-12,14-15H2,1-3H3,(H,27,28)/t16-,17+,19+,20-/m0/s1.